The third-order valence-corrected chi connectivity index (χ3v) is 3.96. The second-order valence-corrected chi connectivity index (χ2v) is 5.62. The average molecular weight is 292 g/mol. The number of hydrogen-bond acceptors (Lipinski definition) is 4. The van der Waals surface area contributed by atoms with Gasteiger partial charge in [0.05, 0.1) is 5.56 Å². The summed E-state index contributed by atoms with van der Waals surface area (Å²) in [5, 5.41) is 22.8. The van der Waals surface area contributed by atoms with E-state index in [1.54, 1.807) is 17.0 Å². The van der Waals surface area contributed by atoms with Crippen LogP contribution in [0.4, 0.5) is 0 Å². The Balaban J connectivity index is 2.12. The minimum atomic E-state index is -0.325. The fourth-order valence-corrected chi connectivity index (χ4v) is 2.80. The summed E-state index contributed by atoms with van der Waals surface area (Å²) >= 11 is 0. The third kappa shape index (κ3) is 3.88. The van der Waals surface area contributed by atoms with E-state index in [2.05, 4.69) is 5.32 Å². The van der Waals surface area contributed by atoms with E-state index in [-0.39, 0.29) is 23.0 Å². The highest BCUT2D eigenvalue weighted by Gasteiger charge is 2.23. The van der Waals surface area contributed by atoms with Gasteiger partial charge in [-0.2, -0.15) is 0 Å². The highest BCUT2D eigenvalue weighted by atomic mass is 16.3. The molecule has 2 rings (SSSR count). The van der Waals surface area contributed by atoms with E-state index >= 15 is 0 Å². The first-order valence-corrected chi connectivity index (χ1v) is 7.64. The Labute approximate surface area is 125 Å². The van der Waals surface area contributed by atoms with Gasteiger partial charge in [0, 0.05) is 13.1 Å². The Morgan fingerprint density at radius 3 is 2.71 bits per heavy atom. The standard InChI is InChI=1S/C16H24N2O3/c1-2-10-18(11-12-6-8-17-9-7-12)16(21)13-4-3-5-14(19)15(13)20/h3-5,12,17,19-20H,2,6-11H2,1H3. The maximum absolute atomic E-state index is 12.6. The van der Waals surface area contributed by atoms with Crippen LogP contribution in [0.5, 0.6) is 11.5 Å². The molecule has 0 aliphatic carbocycles. The normalized spacial score (nSPS) is 15.9. The van der Waals surface area contributed by atoms with Crippen LogP contribution in [0.2, 0.25) is 0 Å². The first-order valence-electron chi connectivity index (χ1n) is 7.64. The predicted octanol–water partition coefficient (Wildman–Crippen LogP) is 1.95. The van der Waals surface area contributed by atoms with Crippen molar-refractivity contribution in [3.8, 4) is 11.5 Å². The van der Waals surface area contributed by atoms with Crippen LogP contribution in [0.25, 0.3) is 0 Å². The van der Waals surface area contributed by atoms with Gasteiger partial charge < -0.3 is 20.4 Å². The molecule has 1 aromatic rings. The minimum absolute atomic E-state index is 0.178. The van der Waals surface area contributed by atoms with Gasteiger partial charge in [0.1, 0.15) is 0 Å². The van der Waals surface area contributed by atoms with Crippen LogP contribution in [0.3, 0.4) is 0 Å². The van der Waals surface area contributed by atoms with Crippen LogP contribution in [0, 0.1) is 5.92 Å². The van der Waals surface area contributed by atoms with E-state index in [0.29, 0.717) is 19.0 Å². The largest absolute Gasteiger partial charge is 0.504 e. The van der Waals surface area contributed by atoms with E-state index in [1.165, 1.54) is 6.07 Å². The van der Waals surface area contributed by atoms with Crippen LogP contribution in [0.15, 0.2) is 18.2 Å². The molecule has 0 unspecified atom stereocenters. The summed E-state index contributed by atoms with van der Waals surface area (Å²) in [5.74, 6) is -0.280. The van der Waals surface area contributed by atoms with Crippen molar-refractivity contribution >= 4 is 5.91 Å². The van der Waals surface area contributed by atoms with E-state index in [4.69, 9.17) is 0 Å². The van der Waals surface area contributed by atoms with Crippen molar-refractivity contribution in [2.45, 2.75) is 26.2 Å². The molecule has 0 aromatic heterocycles. The monoisotopic (exact) mass is 292 g/mol. The lowest BCUT2D eigenvalue weighted by molar-refractivity contribution is 0.0712. The lowest BCUT2D eigenvalue weighted by Gasteiger charge is -2.30. The zero-order valence-electron chi connectivity index (χ0n) is 12.5. The van der Waals surface area contributed by atoms with Crippen LogP contribution in [-0.4, -0.2) is 47.2 Å². The first kappa shape index (κ1) is 15.6. The first-order chi connectivity index (χ1) is 10.1. The minimum Gasteiger partial charge on any atom is -0.504 e. The fourth-order valence-electron chi connectivity index (χ4n) is 2.80. The van der Waals surface area contributed by atoms with Gasteiger partial charge in [-0.05, 0) is 50.4 Å². The van der Waals surface area contributed by atoms with Crippen LogP contribution in [-0.2, 0) is 0 Å². The van der Waals surface area contributed by atoms with Gasteiger partial charge >= 0.3 is 0 Å². The number of piperidine rings is 1. The van der Waals surface area contributed by atoms with Gasteiger partial charge in [0.25, 0.3) is 5.91 Å². The van der Waals surface area contributed by atoms with Gasteiger partial charge in [-0.1, -0.05) is 13.0 Å². The highest BCUT2D eigenvalue weighted by molar-refractivity contribution is 5.97. The van der Waals surface area contributed by atoms with Crippen molar-refractivity contribution in [3.63, 3.8) is 0 Å². The smallest absolute Gasteiger partial charge is 0.257 e. The summed E-state index contributed by atoms with van der Waals surface area (Å²) in [6.45, 7) is 5.40. The Morgan fingerprint density at radius 2 is 2.05 bits per heavy atom. The second-order valence-electron chi connectivity index (χ2n) is 5.62. The summed E-state index contributed by atoms with van der Waals surface area (Å²) in [6, 6.07) is 4.52. The molecule has 116 valence electrons. The lowest BCUT2D eigenvalue weighted by atomic mass is 9.97. The van der Waals surface area contributed by atoms with Crippen molar-refractivity contribution in [3.05, 3.63) is 23.8 Å². The van der Waals surface area contributed by atoms with Gasteiger partial charge in [-0.3, -0.25) is 4.79 Å². The SMILES string of the molecule is CCCN(CC1CCNCC1)C(=O)c1cccc(O)c1O. The van der Waals surface area contributed by atoms with Crippen LogP contribution >= 0.6 is 0 Å². The van der Waals surface area contributed by atoms with Crippen molar-refractivity contribution in [2.24, 2.45) is 5.92 Å². The number of hydrogen-bond donors (Lipinski definition) is 3. The second kappa shape index (κ2) is 7.31. The molecular weight excluding hydrogens is 268 g/mol. The number of aromatic hydroxyl groups is 2. The zero-order chi connectivity index (χ0) is 15.2. The highest BCUT2D eigenvalue weighted by Crippen LogP contribution is 2.29. The molecule has 1 aliphatic rings. The van der Waals surface area contributed by atoms with Crippen molar-refractivity contribution in [2.75, 3.05) is 26.2 Å². The molecule has 5 heteroatoms. The Morgan fingerprint density at radius 1 is 1.33 bits per heavy atom. The molecule has 0 spiro atoms. The average Bonchev–Trinajstić information content (AvgIpc) is 2.50. The molecule has 1 aromatic carbocycles. The van der Waals surface area contributed by atoms with E-state index in [9.17, 15) is 15.0 Å². The molecule has 0 radical (unpaired) electrons. The molecule has 1 heterocycles. The molecule has 1 amide bonds. The number of rotatable bonds is 5. The van der Waals surface area contributed by atoms with Crippen LogP contribution in [0.1, 0.15) is 36.5 Å². The van der Waals surface area contributed by atoms with Gasteiger partial charge in [0.15, 0.2) is 11.5 Å². The molecule has 0 saturated carbocycles. The number of amides is 1. The fraction of sp³-hybridized carbons (Fsp3) is 0.562. The van der Waals surface area contributed by atoms with Crippen molar-refractivity contribution < 1.29 is 15.0 Å². The summed E-state index contributed by atoms with van der Waals surface area (Å²) in [5.41, 5.74) is 0.178. The van der Waals surface area contributed by atoms with Gasteiger partial charge in [0.2, 0.25) is 0 Å². The third-order valence-electron chi connectivity index (χ3n) is 3.96. The Kier molecular flexibility index (Phi) is 5.44. The summed E-state index contributed by atoms with van der Waals surface area (Å²) < 4.78 is 0. The van der Waals surface area contributed by atoms with Gasteiger partial charge in [-0.25, -0.2) is 0 Å². The predicted molar refractivity (Wildman–Crippen MR) is 81.6 cm³/mol. The van der Waals surface area contributed by atoms with Crippen LogP contribution < -0.4 is 5.32 Å². The molecule has 3 N–H and O–H groups in total. The lowest BCUT2D eigenvalue weighted by Crippen LogP contribution is -2.39. The maximum atomic E-state index is 12.6. The zero-order valence-corrected chi connectivity index (χ0v) is 12.5. The molecule has 1 saturated heterocycles. The molecule has 0 atom stereocenters. The number of para-hydroxylation sites is 1. The Bertz CT molecular complexity index is 484. The molecular formula is C16H24N2O3. The molecule has 1 fully saturated rings. The molecule has 0 bridgehead atoms. The number of benzene rings is 1. The maximum Gasteiger partial charge on any atom is 0.257 e. The number of phenolic OH excluding ortho intramolecular Hbond substituents is 2. The van der Waals surface area contributed by atoms with E-state index in [0.717, 1.165) is 32.4 Å². The summed E-state index contributed by atoms with van der Waals surface area (Å²) in [4.78, 5) is 14.4. The number of nitrogens with one attached hydrogen (secondary N) is 1. The Hall–Kier alpha value is -1.75. The summed E-state index contributed by atoms with van der Waals surface area (Å²) in [7, 11) is 0. The number of carbonyl (C=O) groups is 1. The topological polar surface area (TPSA) is 72.8 Å². The quantitative estimate of drug-likeness (QED) is 0.725. The summed E-state index contributed by atoms with van der Waals surface area (Å²) in [6.07, 6.45) is 3.01. The van der Waals surface area contributed by atoms with E-state index in [1.807, 2.05) is 6.92 Å². The number of phenols is 2. The number of carbonyl (C=O) groups excluding carboxylic acids is 1. The van der Waals surface area contributed by atoms with Gasteiger partial charge in [-0.15, -0.1) is 0 Å². The molecule has 5 nitrogen and oxygen atoms in total. The van der Waals surface area contributed by atoms with Crippen molar-refractivity contribution in [1.82, 2.24) is 10.2 Å². The van der Waals surface area contributed by atoms with E-state index < -0.39 is 0 Å². The molecule has 21 heavy (non-hydrogen) atoms. The molecule has 1 aliphatic heterocycles. The van der Waals surface area contributed by atoms with Crippen molar-refractivity contribution in [1.29, 1.82) is 0 Å². The number of nitrogens with zero attached hydrogens (tertiary/aromatic N) is 1.